The zero-order valence-electron chi connectivity index (χ0n) is 15.4. The number of carboxylic acid groups (broad SMARTS) is 1. The molecule has 0 aromatic heterocycles. The fraction of sp³-hybridized carbons (Fsp3) is 0.526. The largest absolute Gasteiger partial charge is 0.492 e. The first-order valence-electron chi connectivity index (χ1n) is 8.88. The molecular formula is C19H26N2O5. The number of rotatable bonds is 8. The number of nitrogens with zero attached hydrogens (tertiary/aromatic N) is 1. The van der Waals surface area contributed by atoms with Gasteiger partial charge in [0.1, 0.15) is 11.8 Å². The van der Waals surface area contributed by atoms with Crippen LogP contribution in [0.5, 0.6) is 5.75 Å². The molecular weight excluding hydrogens is 336 g/mol. The first-order chi connectivity index (χ1) is 12.3. The Bertz CT molecular complexity index is 674. The Morgan fingerprint density at radius 1 is 1.35 bits per heavy atom. The van der Waals surface area contributed by atoms with Crippen molar-refractivity contribution in [2.45, 2.75) is 39.7 Å². The molecule has 1 aromatic carbocycles. The molecule has 1 aliphatic rings. The molecule has 2 unspecified atom stereocenters. The van der Waals surface area contributed by atoms with Crippen LogP contribution in [-0.2, 0) is 14.4 Å². The molecule has 7 heteroatoms. The summed E-state index contributed by atoms with van der Waals surface area (Å²) in [6, 6.07) is 6.25. The summed E-state index contributed by atoms with van der Waals surface area (Å²) >= 11 is 0. The highest BCUT2D eigenvalue weighted by atomic mass is 16.5. The third kappa shape index (κ3) is 4.74. The molecule has 2 atom stereocenters. The summed E-state index contributed by atoms with van der Waals surface area (Å²) in [6.45, 7) is 6.34. The van der Waals surface area contributed by atoms with Gasteiger partial charge in [0, 0.05) is 13.0 Å². The number of amides is 2. The minimum Gasteiger partial charge on any atom is -0.492 e. The minimum atomic E-state index is -1.06. The van der Waals surface area contributed by atoms with Crippen molar-refractivity contribution < 1.29 is 24.2 Å². The molecule has 7 nitrogen and oxygen atoms in total. The van der Waals surface area contributed by atoms with E-state index < -0.39 is 23.8 Å². The Balaban J connectivity index is 2.09. The van der Waals surface area contributed by atoms with Crippen LogP contribution in [0.15, 0.2) is 24.3 Å². The van der Waals surface area contributed by atoms with Crippen LogP contribution >= 0.6 is 0 Å². The molecule has 0 saturated carbocycles. The molecule has 1 heterocycles. The Hall–Kier alpha value is -2.57. The molecule has 1 fully saturated rings. The summed E-state index contributed by atoms with van der Waals surface area (Å²) < 4.78 is 5.56. The van der Waals surface area contributed by atoms with Crippen LogP contribution in [0.2, 0.25) is 0 Å². The van der Waals surface area contributed by atoms with Gasteiger partial charge in [-0.1, -0.05) is 26.0 Å². The van der Waals surface area contributed by atoms with Gasteiger partial charge in [-0.25, -0.2) is 4.79 Å². The van der Waals surface area contributed by atoms with Gasteiger partial charge in [0.15, 0.2) is 0 Å². The van der Waals surface area contributed by atoms with E-state index >= 15 is 0 Å². The van der Waals surface area contributed by atoms with Gasteiger partial charge in [0.2, 0.25) is 11.8 Å². The number of ether oxygens (including phenoxy) is 1. The molecule has 2 amide bonds. The van der Waals surface area contributed by atoms with Crippen molar-refractivity contribution in [3.8, 4) is 5.75 Å². The number of aliphatic carboxylic acids is 1. The zero-order valence-corrected chi connectivity index (χ0v) is 15.4. The number of hydrogen-bond donors (Lipinski definition) is 2. The fourth-order valence-corrected chi connectivity index (χ4v) is 3.06. The monoisotopic (exact) mass is 362 g/mol. The van der Waals surface area contributed by atoms with E-state index in [1.807, 2.05) is 32.9 Å². The Morgan fingerprint density at radius 3 is 2.65 bits per heavy atom. The van der Waals surface area contributed by atoms with E-state index in [9.17, 15) is 19.5 Å². The van der Waals surface area contributed by atoms with Gasteiger partial charge >= 0.3 is 5.97 Å². The second-order valence-electron chi connectivity index (χ2n) is 6.84. The fourth-order valence-electron chi connectivity index (χ4n) is 3.06. The van der Waals surface area contributed by atoms with Gasteiger partial charge in [-0.3, -0.25) is 9.59 Å². The van der Waals surface area contributed by atoms with Gasteiger partial charge in [-0.2, -0.15) is 0 Å². The van der Waals surface area contributed by atoms with E-state index in [0.29, 0.717) is 24.5 Å². The van der Waals surface area contributed by atoms with E-state index in [4.69, 9.17) is 4.74 Å². The van der Waals surface area contributed by atoms with Crippen molar-refractivity contribution in [3.05, 3.63) is 24.3 Å². The predicted molar refractivity (Wildman–Crippen MR) is 97.1 cm³/mol. The van der Waals surface area contributed by atoms with Crippen LogP contribution in [0.3, 0.4) is 0 Å². The Morgan fingerprint density at radius 2 is 2.04 bits per heavy atom. The topological polar surface area (TPSA) is 95.9 Å². The Labute approximate surface area is 153 Å². The molecule has 1 saturated heterocycles. The standard InChI is InChI=1S/C19H26N2O5/c1-4-26-16-8-6-5-7-15(16)21-11-13(10-17(21)22)18(23)20-14(19(24)25)9-12(2)3/h5-8,12-14H,4,9-11H2,1-3H3,(H,20,23)(H,24,25). The van der Waals surface area contributed by atoms with Crippen molar-refractivity contribution in [2.24, 2.45) is 11.8 Å². The van der Waals surface area contributed by atoms with Gasteiger partial charge in [0.05, 0.1) is 18.2 Å². The van der Waals surface area contributed by atoms with Crippen molar-refractivity contribution in [2.75, 3.05) is 18.1 Å². The molecule has 2 rings (SSSR count). The summed E-state index contributed by atoms with van der Waals surface area (Å²) in [5.41, 5.74) is 0.631. The number of benzene rings is 1. The molecule has 1 aromatic rings. The minimum absolute atomic E-state index is 0.0559. The van der Waals surface area contributed by atoms with Crippen molar-refractivity contribution in [3.63, 3.8) is 0 Å². The van der Waals surface area contributed by atoms with Gasteiger partial charge in [-0.15, -0.1) is 0 Å². The molecule has 0 bridgehead atoms. The summed E-state index contributed by atoms with van der Waals surface area (Å²) in [5, 5.41) is 11.9. The van der Waals surface area contributed by atoms with Crippen LogP contribution in [0.1, 0.15) is 33.6 Å². The molecule has 0 spiro atoms. The third-order valence-corrected chi connectivity index (χ3v) is 4.27. The summed E-state index contributed by atoms with van der Waals surface area (Å²) in [7, 11) is 0. The highest BCUT2D eigenvalue weighted by molar-refractivity contribution is 6.01. The van der Waals surface area contributed by atoms with Crippen molar-refractivity contribution in [1.29, 1.82) is 0 Å². The SMILES string of the molecule is CCOc1ccccc1N1CC(C(=O)NC(CC(C)C)C(=O)O)CC1=O. The van der Waals surface area contributed by atoms with E-state index in [-0.39, 0.29) is 24.8 Å². The first kappa shape index (κ1) is 19.8. The van der Waals surface area contributed by atoms with E-state index in [0.717, 1.165) is 0 Å². The summed E-state index contributed by atoms with van der Waals surface area (Å²) in [4.78, 5) is 37.8. The highest BCUT2D eigenvalue weighted by Crippen LogP contribution is 2.33. The Kier molecular flexibility index (Phi) is 6.60. The van der Waals surface area contributed by atoms with E-state index in [1.165, 1.54) is 4.90 Å². The number of hydrogen-bond acceptors (Lipinski definition) is 4. The summed E-state index contributed by atoms with van der Waals surface area (Å²) in [6.07, 6.45) is 0.402. The molecule has 2 N–H and O–H groups in total. The average molecular weight is 362 g/mol. The number of anilines is 1. The number of nitrogens with one attached hydrogen (secondary N) is 1. The highest BCUT2D eigenvalue weighted by Gasteiger charge is 2.37. The molecule has 0 radical (unpaired) electrons. The van der Waals surface area contributed by atoms with Crippen LogP contribution < -0.4 is 15.0 Å². The number of carbonyl (C=O) groups excluding carboxylic acids is 2. The smallest absolute Gasteiger partial charge is 0.326 e. The lowest BCUT2D eigenvalue weighted by atomic mass is 10.0. The van der Waals surface area contributed by atoms with Crippen molar-refractivity contribution in [1.82, 2.24) is 5.32 Å². The number of carbonyl (C=O) groups is 3. The predicted octanol–water partition coefficient (Wildman–Crippen LogP) is 2.05. The third-order valence-electron chi connectivity index (χ3n) is 4.27. The normalized spacial score (nSPS) is 18.1. The maximum absolute atomic E-state index is 12.5. The second-order valence-corrected chi connectivity index (χ2v) is 6.84. The second kappa shape index (κ2) is 8.69. The van der Waals surface area contributed by atoms with Crippen LogP contribution in [0.25, 0.3) is 0 Å². The van der Waals surface area contributed by atoms with Gasteiger partial charge in [0.25, 0.3) is 0 Å². The molecule has 1 aliphatic heterocycles. The maximum atomic E-state index is 12.5. The summed E-state index contributed by atoms with van der Waals surface area (Å²) in [5.74, 6) is -1.49. The first-order valence-corrected chi connectivity index (χ1v) is 8.88. The maximum Gasteiger partial charge on any atom is 0.326 e. The quantitative estimate of drug-likeness (QED) is 0.738. The number of carboxylic acids is 1. The average Bonchev–Trinajstić information content (AvgIpc) is 2.96. The molecule has 0 aliphatic carbocycles. The van der Waals surface area contributed by atoms with E-state index in [2.05, 4.69) is 5.32 Å². The van der Waals surface area contributed by atoms with Crippen LogP contribution in [-0.4, -0.2) is 42.1 Å². The zero-order chi connectivity index (χ0) is 19.3. The number of para-hydroxylation sites is 2. The van der Waals surface area contributed by atoms with Crippen LogP contribution in [0.4, 0.5) is 5.69 Å². The van der Waals surface area contributed by atoms with Gasteiger partial charge in [-0.05, 0) is 31.4 Å². The lowest BCUT2D eigenvalue weighted by Crippen LogP contribution is -2.44. The van der Waals surface area contributed by atoms with Crippen LogP contribution in [0, 0.1) is 11.8 Å². The molecule has 26 heavy (non-hydrogen) atoms. The lowest BCUT2D eigenvalue weighted by molar-refractivity contribution is -0.142. The van der Waals surface area contributed by atoms with Gasteiger partial charge < -0.3 is 20.1 Å². The van der Waals surface area contributed by atoms with E-state index in [1.54, 1.807) is 12.1 Å². The molecule has 142 valence electrons. The van der Waals surface area contributed by atoms with Crippen molar-refractivity contribution >= 4 is 23.5 Å². The lowest BCUT2D eigenvalue weighted by Gasteiger charge is -2.21.